The predicted molar refractivity (Wildman–Crippen MR) is 142 cm³/mol. The Hall–Kier alpha value is -3.30. The second kappa shape index (κ2) is 12.8. The average Bonchev–Trinajstić information content (AvgIpc) is 3.33. The first-order valence-electron chi connectivity index (χ1n) is 12.3. The highest BCUT2D eigenvalue weighted by Crippen LogP contribution is 2.28. The van der Waals surface area contributed by atoms with Crippen molar-refractivity contribution >= 4 is 15.9 Å². The van der Waals surface area contributed by atoms with Crippen molar-refractivity contribution in [2.24, 2.45) is 0 Å². The lowest BCUT2D eigenvalue weighted by Gasteiger charge is -2.30. The van der Waals surface area contributed by atoms with Gasteiger partial charge in [-0.2, -0.15) is 4.31 Å². The Bertz CT molecular complexity index is 1270. The van der Waals surface area contributed by atoms with E-state index in [1.54, 1.807) is 49.5 Å². The summed E-state index contributed by atoms with van der Waals surface area (Å²) in [4.78, 5) is 15.5. The Kier molecular flexibility index (Phi) is 9.77. The van der Waals surface area contributed by atoms with Gasteiger partial charge >= 0.3 is 0 Å². The first-order valence-corrected chi connectivity index (χ1v) is 13.7. The summed E-state index contributed by atoms with van der Waals surface area (Å²) < 4.78 is 44.7. The molecular formula is C28H36N2O6S. The van der Waals surface area contributed by atoms with Gasteiger partial charge in [0.2, 0.25) is 15.9 Å². The Morgan fingerprint density at radius 1 is 1.00 bits per heavy atom. The van der Waals surface area contributed by atoms with Gasteiger partial charge in [0, 0.05) is 12.6 Å². The van der Waals surface area contributed by atoms with Crippen molar-refractivity contribution in [2.45, 2.75) is 51.1 Å². The molecule has 0 aliphatic heterocycles. The fraction of sp³-hybridized carbons (Fsp3) is 0.393. The van der Waals surface area contributed by atoms with Crippen LogP contribution in [0.5, 0.6) is 11.5 Å². The molecule has 0 saturated heterocycles. The summed E-state index contributed by atoms with van der Waals surface area (Å²) in [6.45, 7) is 5.91. The van der Waals surface area contributed by atoms with E-state index in [2.05, 4.69) is 0 Å². The third kappa shape index (κ3) is 7.14. The lowest BCUT2D eigenvalue weighted by Crippen LogP contribution is -2.46. The van der Waals surface area contributed by atoms with E-state index >= 15 is 0 Å². The van der Waals surface area contributed by atoms with Gasteiger partial charge in [-0.05, 0) is 68.7 Å². The van der Waals surface area contributed by atoms with Crippen LogP contribution in [0.2, 0.25) is 0 Å². The third-order valence-electron chi connectivity index (χ3n) is 6.34. The first kappa shape index (κ1) is 28.3. The van der Waals surface area contributed by atoms with Gasteiger partial charge in [-0.3, -0.25) is 4.79 Å². The molecule has 1 aromatic heterocycles. The van der Waals surface area contributed by atoms with Crippen molar-refractivity contribution in [3.63, 3.8) is 0 Å². The van der Waals surface area contributed by atoms with Crippen LogP contribution in [0.1, 0.15) is 37.4 Å². The minimum atomic E-state index is -3.86. The van der Waals surface area contributed by atoms with Gasteiger partial charge in [0.25, 0.3) is 0 Å². The highest BCUT2D eigenvalue weighted by molar-refractivity contribution is 7.89. The van der Waals surface area contributed by atoms with Crippen molar-refractivity contribution in [3.8, 4) is 11.5 Å². The van der Waals surface area contributed by atoms with Crippen LogP contribution in [-0.4, -0.2) is 56.9 Å². The van der Waals surface area contributed by atoms with E-state index in [1.165, 1.54) is 4.31 Å². The predicted octanol–water partition coefficient (Wildman–Crippen LogP) is 4.67. The van der Waals surface area contributed by atoms with E-state index < -0.39 is 10.0 Å². The molecule has 0 N–H and O–H groups in total. The molecule has 0 unspecified atom stereocenters. The van der Waals surface area contributed by atoms with Gasteiger partial charge in [0.15, 0.2) is 11.5 Å². The molecule has 1 atom stereocenters. The largest absolute Gasteiger partial charge is 0.493 e. The second-order valence-electron chi connectivity index (χ2n) is 8.89. The summed E-state index contributed by atoms with van der Waals surface area (Å²) >= 11 is 0. The lowest BCUT2D eigenvalue weighted by atomic mass is 10.1. The number of nitrogens with zero attached hydrogens (tertiary/aromatic N) is 2. The van der Waals surface area contributed by atoms with Crippen molar-refractivity contribution in [3.05, 3.63) is 77.7 Å². The summed E-state index contributed by atoms with van der Waals surface area (Å²) in [5.74, 6) is 2.32. The van der Waals surface area contributed by atoms with Crippen LogP contribution >= 0.6 is 0 Å². The molecule has 2 aromatic carbocycles. The van der Waals surface area contributed by atoms with Crippen LogP contribution in [0.3, 0.4) is 0 Å². The maximum absolute atomic E-state index is 13.6. The molecule has 1 heterocycles. The number of aryl methyl sites for hydroxylation is 1. The van der Waals surface area contributed by atoms with Crippen LogP contribution in [0.15, 0.2) is 70.0 Å². The maximum Gasteiger partial charge on any atom is 0.243 e. The number of carbonyl (C=O) groups is 1. The molecular weight excluding hydrogens is 492 g/mol. The molecule has 1 amide bonds. The summed E-state index contributed by atoms with van der Waals surface area (Å²) in [7, 11) is -0.706. The lowest BCUT2D eigenvalue weighted by molar-refractivity contribution is -0.132. The van der Waals surface area contributed by atoms with Gasteiger partial charge in [0.1, 0.15) is 11.5 Å². The Morgan fingerprint density at radius 2 is 1.70 bits per heavy atom. The normalized spacial score (nSPS) is 12.4. The standard InChI is InChI=1S/C28H36N2O6S/c1-6-21(2)30(37(32,33)25-10-8-7-9-11-25)20-28(31)29(19-24-14-12-22(3)36-24)17-16-23-13-15-26(34-4)27(18-23)35-5/h7-15,18,21H,6,16-17,19-20H2,1-5H3/t21-/m0/s1. The maximum atomic E-state index is 13.6. The van der Waals surface area contributed by atoms with Crippen molar-refractivity contribution < 1.29 is 27.1 Å². The molecule has 0 aliphatic rings. The van der Waals surface area contributed by atoms with Gasteiger partial charge in [-0.15, -0.1) is 0 Å². The SMILES string of the molecule is CC[C@H](C)N(CC(=O)N(CCc1ccc(OC)c(OC)c1)Cc1ccc(C)o1)S(=O)(=O)c1ccccc1. The topological polar surface area (TPSA) is 89.3 Å². The molecule has 0 aliphatic carbocycles. The van der Waals surface area contributed by atoms with E-state index in [4.69, 9.17) is 13.9 Å². The van der Waals surface area contributed by atoms with Gasteiger partial charge in [-0.1, -0.05) is 31.2 Å². The molecule has 3 rings (SSSR count). The average molecular weight is 529 g/mol. The molecule has 8 nitrogen and oxygen atoms in total. The minimum Gasteiger partial charge on any atom is -0.493 e. The molecule has 0 radical (unpaired) electrons. The van der Waals surface area contributed by atoms with Crippen LogP contribution in [0.4, 0.5) is 0 Å². The van der Waals surface area contributed by atoms with Gasteiger partial charge in [-0.25, -0.2) is 8.42 Å². The molecule has 0 fully saturated rings. The van der Waals surface area contributed by atoms with Gasteiger partial charge in [0.05, 0.1) is 32.2 Å². The number of methoxy groups -OCH3 is 2. The summed E-state index contributed by atoms with van der Waals surface area (Å²) in [6, 6.07) is 17.2. The van der Waals surface area contributed by atoms with Gasteiger partial charge < -0.3 is 18.8 Å². The van der Waals surface area contributed by atoms with Crippen LogP contribution in [-0.2, 0) is 27.8 Å². The fourth-order valence-electron chi connectivity index (χ4n) is 3.99. The third-order valence-corrected chi connectivity index (χ3v) is 8.31. The highest BCUT2D eigenvalue weighted by Gasteiger charge is 2.32. The first-order chi connectivity index (χ1) is 17.7. The zero-order valence-corrected chi connectivity index (χ0v) is 23.0. The van der Waals surface area contributed by atoms with E-state index in [9.17, 15) is 13.2 Å². The molecule has 0 bridgehead atoms. The number of hydrogen-bond donors (Lipinski definition) is 0. The van der Waals surface area contributed by atoms with Crippen LogP contribution in [0, 0.1) is 6.92 Å². The number of amides is 1. The van der Waals surface area contributed by atoms with E-state index in [-0.39, 0.29) is 29.9 Å². The number of sulfonamides is 1. The van der Waals surface area contributed by atoms with E-state index in [1.807, 2.05) is 51.1 Å². The molecule has 0 spiro atoms. The number of benzene rings is 2. The Labute approximate surface area is 219 Å². The summed E-state index contributed by atoms with van der Waals surface area (Å²) in [5.41, 5.74) is 0.960. The number of hydrogen-bond acceptors (Lipinski definition) is 6. The number of carbonyl (C=O) groups excluding carboxylic acids is 1. The summed E-state index contributed by atoms with van der Waals surface area (Å²) in [5, 5.41) is 0. The summed E-state index contributed by atoms with van der Waals surface area (Å²) in [6.07, 6.45) is 1.11. The smallest absolute Gasteiger partial charge is 0.243 e. The number of rotatable bonds is 13. The van der Waals surface area contributed by atoms with Crippen molar-refractivity contribution in [1.29, 1.82) is 0 Å². The fourth-order valence-corrected chi connectivity index (χ4v) is 5.67. The van der Waals surface area contributed by atoms with Crippen molar-refractivity contribution in [1.82, 2.24) is 9.21 Å². The molecule has 37 heavy (non-hydrogen) atoms. The molecule has 9 heteroatoms. The minimum absolute atomic E-state index is 0.168. The van der Waals surface area contributed by atoms with Crippen LogP contribution < -0.4 is 9.47 Å². The number of ether oxygens (including phenoxy) is 2. The zero-order chi connectivity index (χ0) is 27.0. The van der Waals surface area contributed by atoms with E-state index in [0.717, 1.165) is 11.3 Å². The highest BCUT2D eigenvalue weighted by atomic mass is 32.2. The van der Waals surface area contributed by atoms with Crippen LogP contribution in [0.25, 0.3) is 0 Å². The molecule has 200 valence electrons. The molecule has 0 saturated carbocycles. The molecule has 3 aromatic rings. The van der Waals surface area contributed by atoms with Crippen molar-refractivity contribution in [2.75, 3.05) is 27.3 Å². The zero-order valence-electron chi connectivity index (χ0n) is 22.1. The quantitative estimate of drug-likeness (QED) is 0.320. The Balaban J connectivity index is 1.85. The van der Waals surface area contributed by atoms with E-state index in [0.29, 0.717) is 36.6 Å². The monoisotopic (exact) mass is 528 g/mol. The number of furan rings is 1. The Morgan fingerprint density at radius 3 is 2.30 bits per heavy atom. The second-order valence-corrected chi connectivity index (χ2v) is 10.8.